The summed E-state index contributed by atoms with van der Waals surface area (Å²) < 4.78 is 0. The third-order valence-electron chi connectivity index (χ3n) is 6.45. The van der Waals surface area contributed by atoms with Gasteiger partial charge in [0.25, 0.3) is 0 Å². The molecule has 2 aromatic carbocycles. The molecule has 0 aromatic heterocycles. The van der Waals surface area contributed by atoms with Crippen LogP contribution < -0.4 is 0 Å². The van der Waals surface area contributed by atoms with E-state index in [-0.39, 0.29) is 10.8 Å². The minimum Gasteiger partial charge on any atom is -0.0794 e. The molecule has 22 heavy (non-hydrogen) atoms. The third-order valence-corrected chi connectivity index (χ3v) is 6.45. The summed E-state index contributed by atoms with van der Waals surface area (Å²) in [5, 5.41) is 2.79. The first kappa shape index (κ1) is 11.3. The zero-order valence-electron chi connectivity index (χ0n) is 12.5. The lowest BCUT2D eigenvalue weighted by molar-refractivity contribution is 0.219. The Labute approximate surface area is 130 Å². The maximum atomic E-state index is 2.46. The van der Waals surface area contributed by atoms with E-state index >= 15 is 0 Å². The van der Waals surface area contributed by atoms with Gasteiger partial charge in [0.15, 0.2) is 0 Å². The summed E-state index contributed by atoms with van der Waals surface area (Å²) >= 11 is 0. The van der Waals surface area contributed by atoms with Gasteiger partial charge in [-0.3, -0.25) is 0 Å². The summed E-state index contributed by atoms with van der Waals surface area (Å²) in [5.41, 5.74) is 6.37. The first-order valence-corrected chi connectivity index (χ1v) is 8.10. The Morgan fingerprint density at radius 3 is 2.32 bits per heavy atom. The number of hydrogen-bond donors (Lipinski definition) is 0. The largest absolute Gasteiger partial charge is 0.0794 e. The molecule has 0 radical (unpaired) electrons. The van der Waals surface area contributed by atoms with Crippen LogP contribution in [0.2, 0.25) is 0 Å². The van der Waals surface area contributed by atoms with Crippen LogP contribution >= 0.6 is 0 Å². The quantitative estimate of drug-likeness (QED) is 0.586. The van der Waals surface area contributed by atoms with Crippen LogP contribution in [0.25, 0.3) is 22.9 Å². The molecule has 0 amide bonds. The Balaban J connectivity index is 1.92. The average molecular weight is 280 g/mol. The van der Waals surface area contributed by atoms with Crippen LogP contribution in [0.15, 0.2) is 60.7 Å². The molecule has 0 heterocycles. The highest BCUT2D eigenvalue weighted by molar-refractivity contribution is 6.03. The van der Waals surface area contributed by atoms with Gasteiger partial charge in [-0.25, -0.2) is 0 Å². The molecule has 4 aliphatic carbocycles. The molecule has 1 unspecified atom stereocenters. The molecule has 0 nitrogen and oxygen atoms in total. The predicted molar refractivity (Wildman–Crippen MR) is 92.8 cm³/mol. The zero-order chi connectivity index (χ0) is 14.5. The zero-order valence-corrected chi connectivity index (χ0v) is 12.5. The van der Waals surface area contributed by atoms with Crippen molar-refractivity contribution in [2.24, 2.45) is 5.92 Å². The van der Waals surface area contributed by atoms with Crippen molar-refractivity contribution in [1.29, 1.82) is 0 Å². The van der Waals surface area contributed by atoms with Crippen molar-refractivity contribution in [3.05, 3.63) is 83.0 Å². The van der Waals surface area contributed by atoms with Gasteiger partial charge < -0.3 is 0 Å². The molecule has 0 fully saturated rings. The van der Waals surface area contributed by atoms with Gasteiger partial charge in [0.2, 0.25) is 0 Å². The lowest BCUT2D eigenvalue weighted by Gasteiger charge is -2.65. The molecule has 2 aromatic rings. The van der Waals surface area contributed by atoms with Crippen molar-refractivity contribution in [2.45, 2.75) is 17.8 Å². The molecule has 0 aliphatic heterocycles. The Hall–Kier alpha value is -2.34. The SMILES string of the molecule is C[C@]12C=CC=Cc3c1c1c(c4ccccc34)C=CC3C=C[C@@]132. The monoisotopic (exact) mass is 280 g/mol. The smallest absolute Gasteiger partial charge is 0.0368 e. The van der Waals surface area contributed by atoms with Crippen LogP contribution in [-0.4, -0.2) is 0 Å². The molecular formula is C22H16. The summed E-state index contributed by atoms with van der Waals surface area (Å²) in [6.45, 7) is 2.43. The molecule has 104 valence electrons. The number of rotatable bonds is 0. The van der Waals surface area contributed by atoms with Crippen LogP contribution in [0.1, 0.15) is 29.2 Å². The molecule has 0 saturated heterocycles. The van der Waals surface area contributed by atoms with Crippen LogP contribution in [0.5, 0.6) is 0 Å². The van der Waals surface area contributed by atoms with Gasteiger partial charge in [-0.2, -0.15) is 0 Å². The highest BCUT2D eigenvalue weighted by atomic mass is 14.7. The van der Waals surface area contributed by atoms with Gasteiger partial charge in [-0.15, -0.1) is 0 Å². The Morgan fingerprint density at radius 2 is 1.59 bits per heavy atom. The Morgan fingerprint density at radius 1 is 0.818 bits per heavy atom. The molecule has 0 N–H and O–H groups in total. The normalized spacial score (nSPS) is 34.7. The van der Waals surface area contributed by atoms with E-state index in [1.54, 1.807) is 11.1 Å². The predicted octanol–water partition coefficient (Wildman–Crippen LogP) is 5.14. The standard InChI is InChI=1S/C22H16/c1-21-12-5-4-8-17-15-6-2-3-7-16(15)18-10-9-14-11-13-22(14,21)20(18)19(17)21/h2-14H,1H3/t14?,21-,22-/m0/s1. The molecule has 3 atom stereocenters. The van der Waals surface area contributed by atoms with Crippen LogP contribution in [0.3, 0.4) is 0 Å². The number of hydrogen-bond acceptors (Lipinski definition) is 0. The van der Waals surface area contributed by atoms with Gasteiger partial charge in [0.1, 0.15) is 0 Å². The van der Waals surface area contributed by atoms with Gasteiger partial charge in [0.05, 0.1) is 0 Å². The second kappa shape index (κ2) is 3.20. The molecule has 0 heteroatoms. The summed E-state index contributed by atoms with van der Waals surface area (Å²) in [6, 6.07) is 8.88. The lowest BCUT2D eigenvalue weighted by atomic mass is 9.37. The van der Waals surface area contributed by atoms with E-state index in [1.807, 2.05) is 0 Å². The van der Waals surface area contributed by atoms with E-state index in [4.69, 9.17) is 0 Å². The lowest BCUT2D eigenvalue weighted by Crippen LogP contribution is -2.63. The van der Waals surface area contributed by atoms with E-state index in [2.05, 4.69) is 79.8 Å². The Bertz CT molecular complexity index is 998. The summed E-state index contributed by atoms with van der Waals surface area (Å²) in [7, 11) is 0. The molecule has 1 spiro atoms. The molecule has 0 saturated carbocycles. The molecular weight excluding hydrogens is 264 g/mol. The van der Waals surface area contributed by atoms with E-state index in [0.29, 0.717) is 5.92 Å². The van der Waals surface area contributed by atoms with Gasteiger partial charge >= 0.3 is 0 Å². The highest BCUT2D eigenvalue weighted by Crippen LogP contribution is 2.70. The average Bonchev–Trinajstić information content (AvgIpc) is 2.65. The molecule has 4 aliphatic rings. The minimum atomic E-state index is 0.129. The summed E-state index contributed by atoms with van der Waals surface area (Å²) in [6.07, 6.45) is 18.8. The summed E-state index contributed by atoms with van der Waals surface area (Å²) in [5.74, 6) is 0.564. The topological polar surface area (TPSA) is 0 Å². The summed E-state index contributed by atoms with van der Waals surface area (Å²) in [4.78, 5) is 0. The van der Waals surface area contributed by atoms with Crippen molar-refractivity contribution in [2.75, 3.05) is 0 Å². The molecule has 6 rings (SSSR count). The van der Waals surface area contributed by atoms with Crippen molar-refractivity contribution >= 4 is 22.9 Å². The van der Waals surface area contributed by atoms with E-state index < -0.39 is 0 Å². The third kappa shape index (κ3) is 0.879. The highest BCUT2D eigenvalue weighted by Gasteiger charge is 2.66. The fourth-order valence-electron chi connectivity index (χ4n) is 5.42. The van der Waals surface area contributed by atoms with E-state index in [1.165, 1.54) is 21.9 Å². The van der Waals surface area contributed by atoms with Crippen molar-refractivity contribution < 1.29 is 0 Å². The fourth-order valence-corrected chi connectivity index (χ4v) is 5.42. The first-order chi connectivity index (χ1) is 10.8. The number of benzene rings is 2. The van der Waals surface area contributed by atoms with Crippen molar-refractivity contribution in [3.8, 4) is 0 Å². The fraction of sp³-hybridized carbons (Fsp3) is 0.182. The van der Waals surface area contributed by atoms with E-state index in [9.17, 15) is 0 Å². The van der Waals surface area contributed by atoms with Crippen LogP contribution in [0.4, 0.5) is 0 Å². The minimum absolute atomic E-state index is 0.129. The van der Waals surface area contributed by atoms with E-state index in [0.717, 1.165) is 0 Å². The van der Waals surface area contributed by atoms with Crippen LogP contribution in [0, 0.1) is 5.92 Å². The number of allylic oxidation sites excluding steroid dienone is 6. The maximum Gasteiger partial charge on any atom is 0.0368 e. The van der Waals surface area contributed by atoms with Crippen molar-refractivity contribution in [3.63, 3.8) is 0 Å². The Kier molecular flexibility index (Phi) is 1.64. The van der Waals surface area contributed by atoms with Crippen LogP contribution in [-0.2, 0) is 10.8 Å². The maximum absolute atomic E-state index is 2.46. The second-order valence-corrected chi connectivity index (χ2v) is 7.16. The van der Waals surface area contributed by atoms with Gasteiger partial charge in [0, 0.05) is 16.7 Å². The number of fused-ring (bicyclic) bond motifs is 3. The molecule has 0 bridgehead atoms. The van der Waals surface area contributed by atoms with Gasteiger partial charge in [-0.05, 0) is 33.0 Å². The second-order valence-electron chi connectivity index (χ2n) is 7.16. The van der Waals surface area contributed by atoms with Crippen molar-refractivity contribution in [1.82, 2.24) is 0 Å². The van der Waals surface area contributed by atoms with Gasteiger partial charge in [-0.1, -0.05) is 79.8 Å². The first-order valence-electron chi connectivity index (χ1n) is 8.10.